The molecule has 0 bridgehead atoms. The first kappa shape index (κ1) is 11.5. The Labute approximate surface area is 89.2 Å². The third-order valence-corrected chi connectivity index (χ3v) is 2.47. The zero-order valence-corrected chi connectivity index (χ0v) is 9.80. The molecule has 0 unspecified atom stereocenters. The number of halogens is 1. The zero-order valence-electron chi connectivity index (χ0n) is 9.04. The van der Waals surface area contributed by atoms with Crippen LogP contribution in [0.15, 0.2) is 0 Å². The molecule has 0 saturated carbocycles. The van der Waals surface area contributed by atoms with Crippen molar-refractivity contribution in [2.45, 2.75) is 39.3 Å². The fourth-order valence-electron chi connectivity index (χ4n) is 1.18. The van der Waals surface area contributed by atoms with Crippen molar-refractivity contribution in [2.24, 2.45) is 0 Å². The summed E-state index contributed by atoms with van der Waals surface area (Å²) < 4.78 is 7.21. The highest BCUT2D eigenvalue weighted by atomic mass is 35.5. The Balaban J connectivity index is 2.89. The Hall–Kier alpha value is -0.610. The molecule has 0 atom stereocenters. The number of hydrogen-bond acceptors (Lipinski definition) is 3. The number of nitrogens with zero attached hydrogens (tertiary/aromatic N) is 3. The van der Waals surface area contributed by atoms with Gasteiger partial charge in [0.25, 0.3) is 0 Å². The smallest absolute Gasteiger partial charge is 0.225 e. The monoisotopic (exact) mass is 217 g/mol. The Morgan fingerprint density at radius 2 is 2.07 bits per heavy atom. The van der Waals surface area contributed by atoms with Crippen molar-refractivity contribution in [3.8, 4) is 0 Å². The first-order chi connectivity index (χ1) is 6.50. The van der Waals surface area contributed by atoms with Crippen molar-refractivity contribution >= 4 is 11.6 Å². The number of aryl methyl sites for hydroxylation is 1. The number of rotatable bonds is 4. The molecule has 0 aliphatic heterocycles. The molecule has 5 heteroatoms. The van der Waals surface area contributed by atoms with Crippen LogP contribution in [0.3, 0.4) is 0 Å². The van der Waals surface area contributed by atoms with Crippen LogP contribution in [0.2, 0.25) is 5.28 Å². The van der Waals surface area contributed by atoms with Crippen molar-refractivity contribution in [3.63, 3.8) is 0 Å². The molecule has 80 valence electrons. The van der Waals surface area contributed by atoms with E-state index >= 15 is 0 Å². The lowest BCUT2D eigenvalue weighted by Gasteiger charge is -2.24. The molecule has 0 saturated heterocycles. The van der Waals surface area contributed by atoms with Crippen molar-refractivity contribution in [2.75, 3.05) is 7.11 Å². The maximum Gasteiger partial charge on any atom is 0.225 e. The van der Waals surface area contributed by atoms with Gasteiger partial charge in [0, 0.05) is 13.5 Å². The third kappa shape index (κ3) is 2.45. The van der Waals surface area contributed by atoms with E-state index < -0.39 is 0 Å². The van der Waals surface area contributed by atoms with E-state index in [0.717, 1.165) is 12.2 Å². The van der Waals surface area contributed by atoms with Gasteiger partial charge in [-0.15, -0.1) is 10.2 Å². The Kier molecular flexibility index (Phi) is 3.50. The third-order valence-electron chi connectivity index (χ3n) is 2.19. The summed E-state index contributed by atoms with van der Waals surface area (Å²) >= 11 is 5.92. The van der Waals surface area contributed by atoms with Crippen LogP contribution >= 0.6 is 11.6 Å². The van der Waals surface area contributed by atoms with E-state index in [9.17, 15) is 0 Å². The molecule has 1 aromatic heterocycles. The first-order valence-corrected chi connectivity index (χ1v) is 5.00. The summed E-state index contributed by atoms with van der Waals surface area (Å²) in [5, 5.41) is 8.23. The number of methoxy groups -OCH3 is 1. The highest BCUT2D eigenvalue weighted by Gasteiger charge is 2.20. The van der Waals surface area contributed by atoms with Crippen LogP contribution in [0.25, 0.3) is 0 Å². The predicted octanol–water partition coefficient (Wildman–Crippen LogP) is 1.92. The molecule has 0 aliphatic carbocycles. The van der Waals surface area contributed by atoms with Gasteiger partial charge in [0.1, 0.15) is 5.82 Å². The molecular formula is C9H16ClN3O. The first-order valence-electron chi connectivity index (χ1n) is 4.63. The van der Waals surface area contributed by atoms with Gasteiger partial charge in [-0.25, -0.2) is 0 Å². The van der Waals surface area contributed by atoms with Crippen molar-refractivity contribution < 1.29 is 4.74 Å². The van der Waals surface area contributed by atoms with Gasteiger partial charge >= 0.3 is 0 Å². The number of aromatic nitrogens is 3. The maximum atomic E-state index is 5.92. The molecule has 1 rings (SSSR count). The van der Waals surface area contributed by atoms with Crippen LogP contribution in [0, 0.1) is 0 Å². The molecule has 14 heavy (non-hydrogen) atoms. The van der Waals surface area contributed by atoms with E-state index in [-0.39, 0.29) is 5.60 Å². The van der Waals surface area contributed by atoms with Gasteiger partial charge in [0.05, 0.1) is 12.1 Å². The Bertz CT molecular complexity index is 309. The lowest BCUT2D eigenvalue weighted by Crippen LogP contribution is -2.29. The van der Waals surface area contributed by atoms with Gasteiger partial charge in [-0.1, -0.05) is 6.92 Å². The molecular weight excluding hydrogens is 202 g/mol. The second kappa shape index (κ2) is 4.28. The van der Waals surface area contributed by atoms with Crippen LogP contribution in [0.5, 0.6) is 0 Å². The molecule has 0 fully saturated rings. The summed E-state index contributed by atoms with van der Waals surface area (Å²) in [6.45, 7) is 6.70. The van der Waals surface area contributed by atoms with Crippen LogP contribution in [0.4, 0.5) is 0 Å². The minimum absolute atomic E-state index is 0.254. The SMILES string of the molecule is CCc1nnc(Cl)n1CC(C)(C)OC. The molecule has 0 aliphatic rings. The summed E-state index contributed by atoms with van der Waals surface area (Å²) in [4.78, 5) is 0. The molecule has 0 aromatic carbocycles. The number of hydrogen-bond donors (Lipinski definition) is 0. The normalized spacial score (nSPS) is 12.1. The fraction of sp³-hybridized carbons (Fsp3) is 0.778. The van der Waals surface area contributed by atoms with Crippen molar-refractivity contribution in [1.29, 1.82) is 0 Å². The molecule has 0 amide bonds. The van der Waals surface area contributed by atoms with Crippen LogP contribution in [-0.4, -0.2) is 27.5 Å². The van der Waals surface area contributed by atoms with Crippen molar-refractivity contribution in [1.82, 2.24) is 14.8 Å². The molecule has 4 nitrogen and oxygen atoms in total. The van der Waals surface area contributed by atoms with E-state index in [0.29, 0.717) is 11.8 Å². The minimum Gasteiger partial charge on any atom is -0.377 e. The van der Waals surface area contributed by atoms with E-state index in [1.165, 1.54) is 0 Å². The van der Waals surface area contributed by atoms with Gasteiger partial charge < -0.3 is 4.74 Å². The van der Waals surface area contributed by atoms with Gasteiger partial charge in [-0.05, 0) is 25.4 Å². The largest absolute Gasteiger partial charge is 0.377 e. The van der Waals surface area contributed by atoms with Gasteiger partial charge in [0.15, 0.2) is 0 Å². The molecule has 0 N–H and O–H groups in total. The summed E-state index contributed by atoms with van der Waals surface area (Å²) in [7, 11) is 1.68. The topological polar surface area (TPSA) is 39.9 Å². The summed E-state index contributed by atoms with van der Waals surface area (Å²) in [6.07, 6.45) is 0.819. The van der Waals surface area contributed by atoms with Gasteiger partial charge in [-0.3, -0.25) is 4.57 Å². The summed E-state index contributed by atoms with van der Waals surface area (Å²) in [6, 6.07) is 0. The van der Waals surface area contributed by atoms with Crippen molar-refractivity contribution in [3.05, 3.63) is 11.1 Å². The minimum atomic E-state index is -0.254. The van der Waals surface area contributed by atoms with Gasteiger partial charge in [0.2, 0.25) is 5.28 Å². The average molecular weight is 218 g/mol. The van der Waals surface area contributed by atoms with E-state index in [4.69, 9.17) is 16.3 Å². The second-order valence-electron chi connectivity index (χ2n) is 3.79. The van der Waals surface area contributed by atoms with E-state index in [1.807, 2.05) is 25.3 Å². The highest BCUT2D eigenvalue weighted by molar-refractivity contribution is 6.28. The summed E-state index contributed by atoms with van der Waals surface area (Å²) in [5.74, 6) is 0.889. The fourth-order valence-corrected chi connectivity index (χ4v) is 1.37. The lowest BCUT2D eigenvalue weighted by molar-refractivity contribution is 0.00756. The average Bonchev–Trinajstić information content (AvgIpc) is 2.48. The Morgan fingerprint density at radius 1 is 1.43 bits per heavy atom. The quantitative estimate of drug-likeness (QED) is 0.774. The predicted molar refractivity (Wildman–Crippen MR) is 55.5 cm³/mol. The number of ether oxygens (including phenoxy) is 1. The molecule has 1 aromatic rings. The molecule has 1 heterocycles. The van der Waals surface area contributed by atoms with Crippen LogP contribution < -0.4 is 0 Å². The van der Waals surface area contributed by atoms with Crippen LogP contribution in [0.1, 0.15) is 26.6 Å². The lowest BCUT2D eigenvalue weighted by atomic mass is 10.1. The standard InChI is InChI=1S/C9H16ClN3O/c1-5-7-11-12-8(10)13(7)6-9(2,3)14-4/h5-6H2,1-4H3. The van der Waals surface area contributed by atoms with Crippen LogP contribution in [-0.2, 0) is 17.7 Å². The summed E-state index contributed by atoms with van der Waals surface area (Å²) in [5.41, 5.74) is -0.254. The zero-order chi connectivity index (χ0) is 10.8. The second-order valence-corrected chi connectivity index (χ2v) is 4.13. The highest BCUT2D eigenvalue weighted by Crippen LogP contribution is 2.16. The van der Waals surface area contributed by atoms with E-state index in [2.05, 4.69) is 10.2 Å². The Morgan fingerprint density at radius 3 is 2.57 bits per heavy atom. The molecule has 0 radical (unpaired) electrons. The van der Waals surface area contributed by atoms with Gasteiger partial charge in [-0.2, -0.15) is 0 Å². The van der Waals surface area contributed by atoms with E-state index in [1.54, 1.807) is 7.11 Å². The molecule has 0 spiro atoms. The maximum absolute atomic E-state index is 5.92.